The van der Waals surface area contributed by atoms with Gasteiger partial charge in [0.2, 0.25) is 0 Å². The maximum absolute atomic E-state index is 12.1. The highest BCUT2D eigenvalue weighted by molar-refractivity contribution is 5.82. The second kappa shape index (κ2) is 4.64. The first-order valence-corrected chi connectivity index (χ1v) is 6.04. The smallest absolute Gasteiger partial charge is 0.410 e. The van der Waals surface area contributed by atoms with Gasteiger partial charge in [0.25, 0.3) is 0 Å². The average Bonchev–Trinajstić information content (AvgIpc) is 2.79. The quantitative estimate of drug-likeness (QED) is 0.726. The van der Waals surface area contributed by atoms with Gasteiger partial charge in [0.1, 0.15) is 5.75 Å². The standard InChI is InChI=1S/C13H14N4O2/c14-12-15-10-7-4-8-17(11(10)16-12)13(18)19-9-5-2-1-3-6-9/h1-7,10-11H,8H2,(H3,14,15,16)/t10-,11+/m0/s1. The zero-order valence-electron chi connectivity index (χ0n) is 10.2. The molecule has 19 heavy (non-hydrogen) atoms. The topological polar surface area (TPSA) is 80.0 Å². The van der Waals surface area contributed by atoms with E-state index in [1.165, 1.54) is 0 Å². The van der Waals surface area contributed by atoms with Gasteiger partial charge in [0.05, 0.1) is 6.04 Å². The van der Waals surface area contributed by atoms with Gasteiger partial charge in [-0.25, -0.2) is 9.79 Å². The van der Waals surface area contributed by atoms with Gasteiger partial charge < -0.3 is 15.8 Å². The highest BCUT2D eigenvalue weighted by Crippen LogP contribution is 2.19. The summed E-state index contributed by atoms with van der Waals surface area (Å²) in [4.78, 5) is 17.9. The number of rotatable bonds is 1. The van der Waals surface area contributed by atoms with E-state index in [-0.39, 0.29) is 12.2 Å². The van der Waals surface area contributed by atoms with Crippen LogP contribution in [0.3, 0.4) is 0 Å². The maximum Gasteiger partial charge on any atom is 0.417 e. The van der Waals surface area contributed by atoms with Crippen LogP contribution in [0.25, 0.3) is 0 Å². The first-order chi connectivity index (χ1) is 9.24. The van der Waals surface area contributed by atoms with Crippen molar-refractivity contribution in [3.05, 3.63) is 42.5 Å². The molecule has 1 aromatic carbocycles. The Balaban J connectivity index is 1.75. The molecular weight excluding hydrogens is 244 g/mol. The van der Waals surface area contributed by atoms with Gasteiger partial charge in [0, 0.05) is 6.54 Å². The predicted octanol–water partition coefficient (Wildman–Crippen LogP) is 0.670. The number of amides is 1. The summed E-state index contributed by atoms with van der Waals surface area (Å²) in [5.41, 5.74) is 5.64. The molecule has 1 aromatic rings. The number of nitrogens with one attached hydrogen (secondary N) is 1. The van der Waals surface area contributed by atoms with Crippen molar-refractivity contribution in [2.24, 2.45) is 10.7 Å². The Labute approximate surface area is 110 Å². The van der Waals surface area contributed by atoms with Gasteiger partial charge in [-0.2, -0.15) is 0 Å². The number of para-hydroxylation sites is 1. The third-order valence-corrected chi connectivity index (χ3v) is 3.05. The summed E-state index contributed by atoms with van der Waals surface area (Å²) in [5, 5.41) is 3.00. The van der Waals surface area contributed by atoms with Crippen LogP contribution in [0.1, 0.15) is 0 Å². The minimum atomic E-state index is -0.425. The molecule has 0 saturated heterocycles. The van der Waals surface area contributed by atoms with Crippen LogP contribution in [0, 0.1) is 0 Å². The van der Waals surface area contributed by atoms with E-state index in [9.17, 15) is 4.79 Å². The highest BCUT2D eigenvalue weighted by atomic mass is 16.6. The summed E-state index contributed by atoms with van der Waals surface area (Å²) in [7, 11) is 0. The second-order valence-corrected chi connectivity index (χ2v) is 4.36. The average molecular weight is 258 g/mol. The number of aliphatic imine (C=N–C) groups is 1. The Morgan fingerprint density at radius 3 is 3.00 bits per heavy atom. The molecule has 0 unspecified atom stereocenters. The molecule has 3 N–H and O–H groups in total. The van der Waals surface area contributed by atoms with Crippen LogP contribution >= 0.6 is 0 Å². The summed E-state index contributed by atoms with van der Waals surface area (Å²) in [5.74, 6) is 0.862. The van der Waals surface area contributed by atoms with Crippen LogP contribution in [0.5, 0.6) is 5.75 Å². The van der Waals surface area contributed by atoms with E-state index in [1.54, 1.807) is 17.0 Å². The molecule has 0 saturated carbocycles. The van der Waals surface area contributed by atoms with Crippen LogP contribution in [-0.4, -0.2) is 35.7 Å². The second-order valence-electron chi connectivity index (χ2n) is 4.36. The van der Waals surface area contributed by atoms with Gasteiger partial charge >= 0.3 is 6.09 Å². The lowest BCUT2D eigenvalue weighted by Gasteiger charge is -2.30. The Morgan fingerprint density at radius 1 is 1.42 bits per heavy atom. The fraction of sp³-hybridized carbons (Fsp3) is 0.231. The molecule has 0 aromatic heterocycles. The zero-order valence-corrected chi connectivity index (χ0v) is 10.2. The lowest BCUT2D eigenvalue weighted by Crippen LogP contribution is -2.50. The van der Waals surface area contributed by atoms with Crippen molar-refractivity contribution in [2.75, 3.05) is 6.54 Å². The molecule has 6 heteroatoms. The Hall–Kier alpha value is -2.50. The number of carbonyl (C=O) groups is 1. The Kier molecular flexibility index (Phi) is 2.83. The molecule has 6 nitrogen and oxygen atoms in total. The number of fused-ring (bicyclic) bond motifs is 1. The van der Waals surface area contributed by atoms with Crippen molar-refractivity contribution in [3.8, 4) is 5.75 Å². The molecule has 2 aliphatic rings. The van der Waals surface area contributed by atoms with E-state index in [0.717, 1.165) is 0 Å². The molecule has 0 radical (unpaired) electrons. The lowest BCUT2D eigenvalue weighted by molar-refractivity contribution is 0.133. The van der Waals surface area contributed by atoms with E-state index < -0.39 is 6.09 Å². The molecule has 98 valence electrons. The van der Waals surface area contributed by atoms with Crippen LogP contribution in [0.15, 0.2) is 47.5 Å². The van der Waals surface area contributed by atoms with Gasteiger partial charge in [-0.3, -0.25) is 4.90 Å². The normalized spacial score (nSPS) is 24.4. The van der Waals surface area contributed by atoms with Gasteiger partial charge in [-0.05, 0) is 12.1 Å². The molecule has 2 aliphatic heterocycles. The van der Waals surface area contributed by atoms with Crippen molar-refractivity contribution in [1.29, 1.82) is 0 Å². The number of ether oxygens (including phenoxy) is 1. The largest absolute Gasteiger partial charge is 0.417 e. The van der Waals surface area contributed by atoms with Gasteiger partial charge in [-0.15, -0.1) is 0 Å². The first kappa shape index (κ1) is 11.6. The van der Waals surface area contributed by atoms with E-state index >= 15 is 0 Å². The SMILES string of the molecule is NC1=N[C@H]2[C@H](C=CCN2C(=O)Oc2ccccc2)N1. The van der Waals surface area contributed by atoms with Gasteiger partial charge in [-0.1, -0.05) is 30.4 Å². The fourth-order valence-electron chi connectivity index (χ4n) is 2.18. The van der Waals surface area contributed by atoms with Crippen LogP contribution < -0.4 is 15.8 Å². The number of carbonyl (C=O) groups excluding carboxylic acids is 1. The van der Waals surface area contributed by atoms with Crippen LogP contribution in [0.2, 0.25) is 0 Å². The Morgan fingerprint density at radius 2 is 2.21 bits per heavy atom. The summed E-state index contributed by atoms with van der Waals surface area (Å²) < 4.78 is 5.31. The first-order valence-electron chi connectivity index (χ1n) is 6.04. The van der Waals surface area contributed by atoms with Crippen molar-refractivity contribution in [2.45, 2.75) is 12.2 Å². The van der Waals surface area contributed by atoms with Crippen molar-refractivity contribution < 1.29 is 9.53 Å². The zero-order chi connectivity index (χ0) is 13.2. The van der Waals surface area contributed by atoms with Crippen molar-refractivity contribution >= 4 is 12.1 Å². The van der Waals surface area contributed by atoms with E-state index in [4.69, 9.17) is 10.5 Å². The van der Waals surface area contributed by atoms with Crippen molar-refractivity contribution in [1.82, 2.24) is 10.2 Å². The fourth-order valence-corrected chi connectivity index (χ4v) is 2.18. The number of guanidine groups is 1. The van der Waals surface area contributed by atoms with E-state index in [1.807, 2.05) is 30.4 Å². The summed E-state index contributed by atoms with van der Waals surface area (Å²) in [6.45, 7) is 0.464. The number of nitrogens with two attached hydrogens (primary N) is 1. The molecule has 1 amide bonds. The number of hydrogen-bond acceptors (Lipinski definition) is 5. The number of hydrogen-bond donors (Lipinski definition) is 2. The summed E-state index contributed by atoms with van der Waals surface area (Å²) >= 11 is 0. The molecule has 2 heterocycles. The third kappa shape index (κ3) is 2.24. The highest BCUT2D eigenvalue weighted by Gasteiger charge is 2.36. The monoisotopic (exact) mass is 258 g/mol. The van der Waals surface area contributed by atoms with Crippen LogP contribution in [0.4, 0.5) is 4.79 Å². The van der Waals surface area contributed by atoms with Crippen LogP contribution in [-0.2, 0) is 0 Å². The Bertz CT molecular complexity index is 541. The summed E-state index contributed by atoms with van der Waals surface area (Å²) in [6.07, 6.45) is 3.10. The van der Waals surface area contributed by atoms with E-state index in [2.05, 4.69) is 10.3 Å². The molecule has 3 rings (SSSR count). The minimum absolute atomic E-state index is 0.0722. The molecule has 0 spiro atoms. The molecule has 0 aliphatic carbocycles. The lowest BCUT2D eigenvalue weighted by atomic mass is 10.1. The molecule has 0 bridgehead atoms. The number of benzene rings is 1. The number of nitrogens with zero attached hydrogens (tertiary/aromatic N) is 2. The minimum Gasteiger partial charge on any atom is -0.410 e. The van der Waals surface area contributed by atoms with E-state index in [0.29, 0.717) is 18.3 Å². The molecular formula is C13H14N4O2. The maximum atomic E-state index is 12.1. The predicted molar refractivity (Wildman–Crippen MR) is 70.6 cm³/mol. The molecule has 2 atom stereocenters. The molecule has 0 fully saturated rings. The third-order valence-electron chi connectivity index (χ3n) is 3.05. The summed E-state index contributed by atoms with van der Waals surface area (Å²) in [6, 6.07) is 8.89. The van der Waals surface area contributed by atoms with Gasteiger partial charge in [0.15, 0.2) is 12.1 Å². The van der Waals surface area contributed by atoms with Crippen molar-refractivity contribution in [3.63, 3.8) is 0 Å².